The van der Waals surface area contributed by atoms with Gasteiger partial charge in [-0.25, -0.2) is 4.79 Å². The lowest BCUT2D eigenvalue weighted by Gasteiger charge is -2.14. The Hall–Kier alpha value is -1.07. The van der Waals surface area contributed by atoms with Crippen LogP contribution >= 0.6 is 15.9 Å². The fraction of sp³-hybridized carbons (Fsp3) is 0.562. The van der Waals surface area contributed by atoms with Gasteiger partial charge in [-0.3, -0.25) is 0 Å². The molecule has 1 aromatic carbocycles. The maximum absolute atomic E-state index is 11.5. The van der Waals surface area contributed by atoms with Crippen LogP contribution in [0.3, 0.4) is 0 Å². The highest BCUT2D eigenvalue weighted by Gasteiger charge is 2.10. The molecule has 0 aliphatic heterocycles. The van der Waals surface area contributed by atoms with Crippen LogP contribution in [0.2, 0.25) is 0 Å². The van der Waals surface area contributed by atoms with Crippen LogP contribution in [-0.4, -0.2) is 25.2 Å². The molecule has 5 heteroatoms. The second-order valence-corrected chi connectivity index (χ2v) is 6.52. The number of ether oxygens (including phenoxy) is 2. The molecule has 0 bridgehead atoms. The van der Waals surface area contributed by atoms with Crippen LogP contribution in [0, 0.1) is 5.92 Å². The number of halogens is 1. The van der Waals surface area contributed by atoms with E-state index in [1.165, 1.54) is 0 Å². The van der Waals surface area contributed by atoms with E-state index in [1.54, 1.807) is 0 Å². The third-order valence-electron chi connectivity index (χ3n) is 2.60. The van der Waals surface area contributed by atoms with E-state index >= 15 is 0 Å². The Kier molecular flexibility index (Phi) is 7.75. The number of hydrogen-bond donors (Lipinski definition) is 1. The fourth-order valence-electron chi connectivity index (χ4n) is 1.76. The summed E-state index contributed by atoms with van der Waals surface area (Å²) >= 11 is 3.45. The molecule has 1 rings (SSSR count). The smallest absolute Gasteiger partial charge is 0.344 e. The van der Waals surface area contributed by atoms with Gasteiger partial charge < -0.3 is 14.8 Å². The second kappa shape index (κ2) is 9.05. The molecule has 0 aromatic heterocycles. The molecule has 0 aliphatic carbocycles. The van der Waals surface area contributed by atoms with Crippen molar-refractivity contribution in [3.63, 3.8) is 0 Å². The number of benzene rings is 1. The lowest BCUT2D eigenvalue weighted by molar-refractivity contribution is -0.149. The molecule has 0 fully saturated rings. The van der Waals surface area contributed by atoms with Gasteiger partial charge in [0.05, 0.1) is 6.10 Å². The minimum absolute atomic E-state index is 0.0724. The maximum atomic E-state index is 11.5. The van der Waals surface area contributed by atoms with Gasteiger partial charge in [0.1, 0.15) is 5.75 Å². The molecule has 0 unspecified atom stereocenters. The number of rotatable bonds is 8. The zero-order valence-corrected chi connectivity index (χ0v) is 14.7. The van der Waals surface area contributed by atoms with E-state index in [9.17, 15) is 4.79 Å². The van der Waals surface area contributed by atoms with Crippen LogP contribution in [0.4, 0.5) is 0 Å². The Labute approximate surface area is 135 Å². The molecule has 0 spiro atoms. The number of hydrogen-bond acceptors (Lipinski definition) is 4. The zero-order valence-electron chi connectivity index (χ0n) is 13.1. The summed E-state index contributed by atoms with van der Waals surface area (Å²) in [4.78, 5) is 11.5. The summed E-state index contributed by atoms with van der Waals surface area (Å²) in [5.41, 5.74) is 1.02. The van der Waals surface area contributed by atoms with E-state index in [2.05, 4.69) is 35.1 Å². The van der Waals surface area contributed by atoms with Crippen molar-refractivity contribution in [1.29, 1.82) is 0 Å². The van der Waals surface area contributed by atoms with Crippen LogP contribution in [0.5, 0.6) is 5.75 Å². The quantitative estimate of drug-likeness (QED) is 0.723. The summed E-state index contributed by atoms with van der Waals surface area (Å²) in [7, 11) is 0. The topological polar surface area (TPSA) is 47.6 Å². The molecular formula is C16H24BrNO3. The summed E-state index contributed by atoms with van der Waals surface area (Å²) in [6.45, 7) is 9.52. The number of carbonyl (C=O) groups excluding carboxylic acids is 1. The van der Waals surface area contributed by atoms with E-state index in [-0.39, 0.29) is 18.7 Å². The molecule has 1 N–H and O–H groups in total. The minimum atomic E-state index is -0.353. The molecule has 0 atom stereocenters. The van der Waals surface area contributed by atoms with Gasteiger partial charge >= 0.3 is 5.97 Å². The van der Waals surface area contributed by atoms with Crippen LogP contribution < -0.4 is 10.1 Å². The molecule has 4 nitrogen and oxygen atoms in total. The van der Waals surface area contributed by atoms with Crippen molar-refractivity contribution < 1.29 is 14.3 Å². The standard InChI is InChI=1S/C16H24BrNO3/c1-11(2)8-18-9-13-7-14(17)5-6-15(13)20-10-16(19)21-12(3)4/h5-7,11-12,18H,8-10H2,1-4H3. The van der Waals surface area contributed by atoms with Crippen molar-refractivity contribution in [2.75, 3.05) is 13.2 Å². The molecule has 118 valence electrons. The Morgan fingerprint density at radius 1 is 1.29 bits per heavy atom. The fourth-order valence-corrected chi connectivity index (χ4v) is 2.16. The van der Waals surface area contributed by atoms with Crippen molar-refractivity contribution in [1.82, 2.24) is 5.32 Å². The molecule has 0 amide bonds. The van der Waals surface area contributed by atoms with E-state index in [4.69, 9.17) is 9.47 Å². The van der Waals surface area contributed by atoms with Gasteiger partial charge in [0, 0.05) is 16.6 Å². The predicted molar refractivity (Wildman–Crippen MR) is 87.4 cm³/mol. The van der Waals surface area contributed by atoms with Crippen LogP contribution in [-0.2, 0) is 16.1 Å². The monoisotopic (exact) mass is 357 g/mol. The predicted octanol–water partition coefficient (Wildman–Crippen LogP) is 3.53. The van der Waals surface area contributed by atoms with E-state index in [0.29, 0.717) is 18.2 Å². The van der Waals surface area contributed by atoms with Gasteiger partial charge in [-0.2, -0.15) is 0 Å². The lowest BCUT2D eigenvalue weighted by Crippen LogP contribution is -2.21. The first kappa shape index (κ1) is 18.0. The molecule has 1 aromatic rings. The third-order valence-corrected chi connectivity index (χ3v) is 3.10. The Morgan fingerprint density at radius 2 is 2.00 bits per heavy atom. The SMILES string of the molecule is CC(C)CNCc1cc(Br)ccc1OCC(=O)OC(C)C. The van der Waals surface area contributed by atoms with Gasteiger partial charge in [-0.05, 0) is 44.5 Å². The van der Waals surface area contributed by atoms with Crippen molar-refractivity contribution in [3.8, 4) is 5.75 Å². The minimum Gasteiger partial charge on any atom is -0.482 e. The highest BCUT2D eigenvalue weighted by atomic mass is 79.9. The van der Waals surface area contributed by atoms with Gasteiger partial charge in [0.2, 0.25) is 0 Å². The molecular weight excluding hydrogens is 334 g/mol. The van der Waals surface area contributed by atoms with Crippen LogP contribution in [0.15, 0.2) is 22.7 Å². The zero-order chi connectivity index (χ0) is 15.8. The number of nitrogens with one attached hydrogen (secondary N) is 1. The highest BCUT2D eigenvalue weighted by Crippen LogP contribution is 2.23. The maximum Gasteiger partial charge on any atom is 0.344 e. The van der Waals surface area contributed by atoms with E-state index < -0.39 is 0 Å². The van der Waals surface area contributed by atoms with Crippen LogP contribution in [0.1, 0.15) is 33.3 Å². The van der Waals surface area contributed by atoms with Crippen molar-refractivity contribution in [2.45, 2.75) is 40.3 Å². The first-order valence-corrected chi connectivity index (χ1v) is 7.99. The summed E-state index contributed by atoms with van der Waals surface area (Å²) < 4.78 is 11.6. The molecule has 0 aliphatic rings. The van der Waals surface area contributed by atoms with E-state index in [0.717, 1.165) is 16.6 Å². The van der Waals surface area contributed by atoms with Gasteiger partial charge in [0.15, 0.2) is 6.61 Å². The highest BCUT2D eigenvalue weighted by molar-refractivity contribution is 9.10. The number of carbonyl (C=O) groups is 1. The summed E-state index contributed by atoms with van der Waals surface area (Å²) in [6.07, 6.45) is -0.127. The average molecular weight is 358 g/mol. The third kappa shape index (κ3) is 7.48. The van der Waals surface area contributed by atoms with E-state index in [1.807, 2.05) is 32.0 Å². The Balaban J connectivity index is 2.61. The molecule has 0 saturated heterocycles. The summed E-state index contributed by atoms with van der Waals surface area (Å²) in [6, 6.07) is 5.75. The first-order valence-electron chi connectivity index (χ1n) is 7.20. The normalized spacial score (nSPS) is 11.0. The molecule has 0 heterocycles. The average Bonchev–Trinajstić information content (AvgIpc) is 2.36. The summed E-state index contributed by atoms with van der Waals surface area (Å²) in [5.74, 6) is 0.937. The van der Waals surface area contributed by atoms with Crippen molar-refractivity contribution in [3.05, 3.63) is 28.2 Å². The summed E-state index contributed by atoms with van der Waals surface area (Å²) in [5, 5.41) is 3.37. The largest absolute Gasteiger partial charge is 0.482 e. The van der Waals surface area contributed by atoms with Crippen LogP contribution in [0.25, 0.3) is 0 Å². The Morgan fingerprint density at radius 3 is 2.62 bits per heavy atom. The van der Waals surface area contributed by atoms with Crippen molar-refractivity contribution in [2.24, 2.45) is 5.92 Å². The van der Waals surface area contributed by atoms with Gasteiger partial charge in [-0.1, -0.05) is 29.8 Å². The first-order chi connectivity index (χ1) is 9.88. The molecule has 21 heavy (non-hydrogen) atoms. The Bertz CT molecular complexity index is 461. The molecule has 0 saturated carbocycles. The molecule has 0 radical (unpaired) electrons. The second-order valence-electron chi connectivity index (χ2n) is 5.60. The lowest BCUT2D eigenvalue weighted by atomic mass is 10.2. The number of esters is 1. The van der Waals surface area contributed by atoms with Gasteiger partial charge in [-0.15, -0.1) is 0 Å². The van der Waals surface area contributed by atoms with Crippen molar-refractivity contribution >= 4 is 21.9 Å². The van der Waals surface area contributed by atoms with Gasteiger partial charge in [0.25, 0.3) is 0 Å².